The molecule has 1 aromatic rings. The molecule has 0 aliphatic carbocycles. The van der Waals surface area contributed by atoms with Crippen molar-refractivity contribution >= 4 is 11.3 Å². The Labute approximate surface area is 89.7 Å². The van der Waals surface area contributed by atoms with E-state index in [1.807, 2.05) is 11.3 Å². The van der Waals surface area contributed by atoms with Crippen molar-refractivity contribution in [1.29, 1.82) is 0 Å². The van der Waals surface area contributed by atoms with Gasteiger partial charge < -0.3 is 10.6 Å². The Morgan fingerprint density at radius 3 is 2.64 bits per heavy atom. The van der Waals surface area contributed by atoms with Crippen molar-refractivity contribution in [3.63, 3.8) is 0 Å². The van der Waals surface area contributed by atoms with Crippen LogP contribution in [0.3, 0.4) is 0 Å². The second-order valence-corrected chi connectivity index (χ2v) is 5.57. The van der Waals surface area contributed by atoms with Gasteiger partial charge in [-0.2, -0.15) is 0 Å². The lowest BCUT2D eigenvalue weighted by Gasteiger charge is -2.31. The Balaban J connectivity index is 2.02. The molecule has 1 fully saturated rings. The molecule has 2 nitrogen and oxygen atoms in total. The third-order valence-corrected chi connectivity index (χ3v) is 3.79. The van der Waals surface area contributed by atoms with Gasteiger partial charge in [0.1, 0.15) is 0 Å². The van der Waals surface area contributed by atoms with Gasteiger partial charge in [-0.3, -0.25) is 0 Å². The summed E-state index contributed by atoms with van der Waals surface area (Å²) in [5.41, 5.74) is 1.47. The molecule has 3 heteroatoms. The maximum Gasteiger partial charge on any atom is 0.0322 e. The molecule has 2 heterocycles. The Morgan fingerprint density at radius 1 is 1.50 bits per heavy atom. The van der Waals surface area contributed by atoms with E-state index in [2.05, 4.69) is 37.5 Å². The minimum atomic E-state index is 0.493. The number of nitrogens with one attached hydrogen (secondary N) is 2. The standard InChI is InChI=1S/C11H18N2S/c1-7-4-11(9(3)14-7)8(2)13-10-5-12-6-10/h4,8,10,12-13H,5-6H2,1-3H3. The lowest BCUT2D eigenvalue weighted by molar-refractivity contribution is 0.338. The highest BCUT2D eigenvalue weighted by molar-refractivity contribution is 7.12. The highest BCUT2D eigenvalue weighted by atomic mass is 32.1. The Bertz CT molecular complexity index is 315. The highest BCUT2D eigenvalue weighted by Gasteiger charge is 2.20. The number of hydrogen-bond acceptors (Lipinski definition) is 3. The molecule has 1 unspecified atom stereocenters. The molecule has 0 spiro atoms. The quantitative estimate of drug-likeness (QED) is 0.797. The summed E-state index contributed by atoms with van der Waals surface area (Å²) in [5, 5.41) is 6.91. The summed E-state index contributed by atoms with van der Waals surface area (Å²) in [5.74, 6) is 0. The van der Waals surface area contributed by atoms with Crippen LogP contribution in [0.4, 0.5) is 0 Å². The van der Waals surface area contributed by atoms with E-state index < -0.39 is 0 Å². The van der Waals surface area contributed by atoms with Crippen LogP contribution >= 0.6 is 11.3 Å². The number of aryl methyl sites for hydroxylation is 2. The summed E-state index contributed by atoms with van der Waals surface area (Å²) >= 11 is 1.89. The summed E-state index contributed by atoms with van der Waals surface area (Å²) in [4.78, 5) is 2.87. The lowest BCUT2D eigenvalue weighted by Crippen LogP contribution is -2.55. The molecule has 1 aromatic heterocycles. The van der Waals surface area contributed by atoms with Crippen LogP contribution in [-0.4, -0.2) is 19.1 Å². The molecule has 1 atom stereocenters. The molecule has 78 valence electrons. The van der Waals surface area contributed by atoms with Crippen LogP contribution in [0.2, 0.25) is 0 Å². The van der Waals surface area contributed by atoms with Crippen molar-refractivity contribution in [3.05, 3.63) is 21.4 Å². The molecule has 0 bridgehead atoms. The number of thiophene rings is 1. The number of hydrogen-bond donors (Lipinski definition) is 2. The maximum absolute atomic E-state index is 3.63. The van der Waals surface area contributed by atoms with E-state index in [9.17, 15) is 0 Å². The van der Waals surface area contributed by atoms with E-state index in [1.54, 1.807) is 0 Å². The summed E-state index contributed by atoms with van der Waals surface area (Å²) in [6.45, 7) is 8.88. The molecule has 1 aliphatic heterocycles. The monoisotopic (exact) mass is 210 g/mol. The molecule has 0 saturated carbocycles. The molecular formula is C11H18N2S. The van der Waals surface area contributed by atoms with Crippen LogP contribution in [0, 0.1) is 13.8 Å². The first-order chi connectivity index (χ1) is 6.66. The second-order valence-electron chi connectivity index (χ2n) is 4.11. The predicted octanol–water partition coefficient (Wildman–Crippen LogP) is 1.99. The minimum Gasteiger partial charge on any atom is -0.314 e. The van der Waals surface area contributed by atoms with Gasteiger partial charge in [0, 0.05) is 34.9 Å². The maximum atomic E-state index is 3.63. The van der Waals surface area contributed by atoms with Gasteiger partial charge in [0.15, 0.2) is 0 Å². The topological polar surface area (TPSA) is 24.1 Å². The van der Waals surface area contributed by atoms with E-state index in [1.165, 1.54) is 15.3 Å². The largest absolute Gasteiger partial charge is 0.314 e. The van der Waals surface area contributed by atoms with Gasteiger partial charge in [0.05, 0.1) is 0 Å². The third kappa shape index (κ3) is 2.00. The average Bonchev–Trinajstić information content (AvgIpc) is 2.37. The average molecular weight is 210 g/mol. The van der Waals surface area contributed by atoms with Crippen LogP contribution in [0.25, 0.3) is 0 Å². The van der Waals surface area contributed by atoms with Gasteiger partial charge in [-0.1, -0.05) is 0 Å². The predicted molar refractivity (Wildman–Crippen MR) is 62.0 cm³/mol. The minimum absolute atomic E-state index is 0.493. The van der Waals surface area contributed by atoms with Gasteiger partial charge in [0.2, 0.25) is 0 Å². The second kappa shape index (κ2) is 4.01. The highest BCUT2D eigenvalue weighted by Crippen LogP contribution is 2.26. The molecule has 1 saturated heterocycles. The summed E-state index contributed by atoms with van der Waals surface area (Å²) in [6, 6.07) is 3.47. The van der Waals surface area contributed by atoms with Crippen molar-refractivity contribution in [2.45, 2.75) is 32.9 Å². The third-order valence-electron chi connectivity index (χ3n) is 2.81. The smallest absolute Gasteiger partial charge is 0.0322 e. The van der Waals surface area contributed by atoms with Crippen LogP contribution in [-0.2, 0) is 0 Å². The van der Waals surface area contributed by atoms with E-state index in [-0.39, 0.29) is 0 Å². The first-order valence-electron chi connectivity index (χ1n) is 5.20. The molecule has 14 heavy (non-hydrogen) atoms. The molecular weight excluding hydrogens is 192 g/mol. The lowest BCUT2D eigenvalue weighted by atomic mass is 10.1. The van der Waals surface area contributed by atoms with E-state index in [0.29, 0.717) is 12.1 Å². The fraction of sp³-hybridized carbons (Fsp3) is 0.636. The van der Waals surface area contributed by atoms with Crippen LogP contribution in [0.5, 0.6) is 0 Å². The first-order valence-corrected chi connectivity index (χ1v) is 6.02. The molecule has 0 amide bonds. The summed E-state index contributed by atoms with van der Waals surface area (Å²) in [7, 11) is 0. The molecule has 0 radical (unpaired) electrons. The normalized spacial score (nSPS) is 19.4. The molecule has 0 aromatic carbocycles. The van der Waals surface area contributed by atoms with Crippen molar-refractivity contribution in [1.82, 2.24) is 10.6 Å². The van der Waals surface area contributed by atoms with Gasteiger partial charge in [-0.25, -0.2) is 0 Å². The van der Waals surface area contributed by atoms with E-state index in [0.717, 1.165) is 13.1 Å². The van der Waals surface area contributed by atoms with Crippen molar-refractivity contribution in [2.24, 2.45) is 0 Å². The SMILES string of the molecule is Cc1cc(C(C)NC2CNC2)c(C)s1. The zero-order valence-electron chi connectivity index (χ0n) is 9.05. The van der Waals surface area contributed by atoms with E-state index in [4.69, 9.17) is 0 Å². The van der Waals surface area contributed by atoms with E-state index >= 15 is 0 Å². The van der Waals surface area contributed by atoms with Crippen LogP contribution in [0.15, 0.2) is 6.07 Å². The van der Waals surface area contributed by atoms with Gasteiger partial charge in [-0.15, -0.1) is 11.3 Å². The van der Waals surface area contributed by atoms with Gasteiger partial charge in [-0.05, 0) is 32.4 Å². The zero-order chi connectivity index (χ0) is 10.1. The molecule has 2 N–H and O–H groups in total. The van der Waals surface area contributed by atoms with Crippen molar-refractivity contribution in [2.75, 3.05) is 13.1 Å². The van der Waals surface area contributed by atoms with Gasteiger partial charge >= 0.3 is 0 Å². The fourth-order valence-electron chi connectivity index (χ4n) is 1.93. The van der Waals surface area contributed by atoms with Crippen molar-refractivity contribution in [3.8, 4) is 0 Å². The Kier molecular flexibility index (Phi) is 2.91. The van der Waals surface area contributed by atoms with Crippen molar-refractivity contribution < 1.29 is 0 Å². The zero-order valence-corrected chi connectivity index (χ0v) is 9.87. The number of rotatable bonds is 3. The Hall–Kier alpha value is -0.380. The molecule has 1 aliphatic rings. The molecule has 2 rings (SSSR count). The summed E-state index contributed by atoms with van der Waals surface area (Å²) in [6.07, 6.45) is 0. The Morgan fingerprint density at radius 2 is 2.21 bits per heavy atom. The van der Waals surface area contributed by atoms with Crippen LogP contribution in [0.1, 0.15) is 28.3 Å². The van der Waals surface area contributed by atoms with Crippen LogP contribution < -0.4 is 10.6 Å². The fourth-order valence-corrected chi connectivity index (χ4v) is 2.95. The van der Waals surface area contributed by atoms with Gasteiger partial charge in [0.25, 0.3) is 0 Å². The first kappa shape index (κ1) is 10.1. The summed E-state index contributed by atoms with van der Waals surface area (Å²) < 4.78 is 0.